The summed E-state index contributed by atoms with van der Waals surface area (Å²) in [5.41, 5.74) is -1.42. The van der Waals surface area contributed by atoms with Crippen molar-refractivity contribution in [2.75, 3.05) is 19.5 Å². The SMILES string of the molecule is CC(C)(Oc1ccc(OCCCOc2ccc(OS(C)(=O)=O)cc2)cc1)C(=O)[O-]. The molecule has 0 spiro atoms. The number of carbonyl (C=O) groups excluding carboxylic acids is 1. The zero-order chi connectivity index (χ0) is 21.5. The molecule has 0 amide bonds. The minimum Gasteiger partial charge on any atom is -0.546 e. The molecular formula is C20H23O8S-. The van der Waals surface area contributed by atoms with Crippen LogP contribution in [0.3, 0.4) is 0 Å². The summed E-state index contributed by atoms with van der Waals surface area (Å²) in [4.78, 5) is 11.0. The van der Waals surface area contributed by atoms with Gasteiger partial charge in [-0.1, -0.05) is 0 Å². The largest absolute Gasteiger partial charge is 0.546 e. The van der Waals surface area contributed by atoms with E-state index >= 15 is 0 Å². The number of rotatable bonds is 11. The molecule has 0 atom stereocenters. The van der Waals surface area contributed by atoms with Crippen LogP contribution in [0, 0.1) is 0 Å². The lowest BCUT2D eigenvalue weighted by Gasteiger charge is -2.27. The van der Waals surface area contributed by atoms with E-state index in [1.54, 1.807) is 36.4 Å². The van der Waals surface area contributed by atoms with Gasteiger partial charge in [0.15, 0.2) is 0 Å². The van der Waals surface area contributed by atoms with Gasteiger partial charge >= 0.3 is 10.1 Å². The van der Waals surface area contributed by atoms with Crippen molar-refractivity contribution < 1.29 is 36.7 Å². The Morgan fingerprint density at radius 3 is 1.69 bits per heavy atom. The van der Waals surface area contributed by atoms with E-state index in [0.717, 1.165) is 6.26 Å². The second-order valence-corrected chi connectivity index (χ2v) is 8.26. The van der Waals surface area contributed by atoms with Crippen molar-refractivity contribution in [1.82, 2.24) is 0 Å². The van der Waals surface area contributed by atoms with Gasteiger partial charge in [-0.3, -0.25) is 0 Å². The fourth-order valence-electron chi connectivity index (χ4n) is 2.15. The van der Waals surface area contributed by atoms with Crippen molar-refractivity contribution in [3.8, 4) is 23.0 Å². The summed E-state index contributed by atoms with van der Waals surface area (Å²) in [6, 6.07) is 12.9. The first-order valence-corrected chi connectivity index (χ1v) is 10.6. The van der Waals surface area contributed by atoms with Crippen molar-refractivity contribution in [2.45, 2.75) is 25.9 Å². The van der Waals surface area contributed by atoms with Crippen molar-refractivity contribution >= 4 is 16.1 Å². The third kappa shape index (κ3) is 7.90. The van der Waals surface area contributed by atoms with Crippen molar-refractivity contribution in [2.24, 2.45) is 0 Å². The molecular weight excluding hydrogens is 400 g/mol. The van der Waals surface area contributed by atoms with Crippen molar-refractivity contribution in [1.29, 1.82) is 0 Å². The molecule has 8 nitrogen and oxygen atoms in total. The van der Waals surface area contributed by atoms with Crippen LogP contribution < -0.4 is 23.5 Å². The lowest BCUT2D eigenvalue weighted by atomic mass is 10.1. The van der Waals surface area contributed by atoms with Gasteiger partial charge in [0.2, 0.25) is 0 Å². The maximum absolute atomic E-state index is 11.1. The molecule has 0 aliphatic heterocycles. The molecule has 0 bridgehead atoms. The average molecular weight is 423 g/mol. The number of carboxylic acid groups (broad SMARTS) is 1. The van der Waals surface area contributed by atoms with Crippen LogP contribution in [-0.2, 0) is 14.9 Å². The fraction of sp³-hybridized carbons (Fsp3) is 0.350. The number of carbonyl (C=O) groups is 1. The normalized spacial score (nSPS) is 11.6. The fourth-order valence-corrected chi connectivity index (χ4v) is 2.61. The first kappa shape index (κ1) is 22.4. The summed E-state index contributed by atoms with van der Waals surface area (Å²) in [7, 11) is -3.55. The lowest BCUT2D eigenvalue weighted by Crippen LogP contribution is -2.47. The Bertz CT molecular complexity index is 903. The smallest absolute Gasteiger partial charge is 0.306 e. The van der Waals surface area contributed by atoms with Gasteiger partial charge in [0.05, 0.1) is 25.4 Å². The highest BCUT2D eigenvalue weighted by atomic mass is 32.2. The second kappa shape index (κ2) is 9.51. The minimum absolute atomic E-state index is 0.221. The van der Waals surface area contributed by atoms with Gasteiger partial charge < -0.3 is 28.3 Å². The molecule has 0 radical (unpaired) electrons. The van der Waals surface area contributed by atoms with Crippen LogP contribution in [0.2, 0.25) is 0 Å². The van der Waals surface area contributed by atoms with E-state index in [9.17, 15) is 18.3 Å². The van der Waals surface area contributed by atoms with Gasteiger partial charge in [0, 0.05) is 6.42 Å². The molecule has 0 saturated heterocycles. The predicted octanol–water partition coefficient (Wildman–Crippen LogP) is 1.78. The first-order valence-electron chi connectivity index (χ1n) is 8.81. The summed E-state index contributed by atoms with van der Waals surface area (Å²) < 4.78 is 43.4. The molecule has 2 aromatic carbocycles. The number of hydrogen-bond acceptors (Lipinski definition) is 8. The minimum atomic E-state index is -3.55. The molecule has 0 fully saturated rings. The van der Waals surface area contributed by atoms with E-state index in [1.165, 1.54) is 26.0 Å². The maximum atomic E-state index is 11.1. The van der Waals surface area contributed by atoms with Gasteiger partial charge in [-0.25, -0.2) is 0 Å². The maximum Gasteiger partial charge on any atom is 0.306 e. The van der Waals surface area contributed by atoms with Crippen LogP contribution >= 0.6 is 0 Å². The molecule has 2 aromatic rings. The molecule has 0 aromatic heterocycles. The number of aliphatic carboxylic acids is 1. The van der Waals surface area contributed by atoms with Gasteiger partial charge in [-0.2, -0.15) is 8.42 Å². The van der Waals surface area contributed by atoms with Gasteiger partial charge in [-0.15, -0.1) is 0 Å². The van der Waals surface area contributed by atoms with Crippen LogP contribution in [0.25, 0.3) is 0 Å². The summed E-state index contributed by atoms with van der Waals surface area (Å²) in [5.74, 6) is 0.529. The summed E-state index contributed by atoms with van der Waals surface area (Å²) in [5, 5.41) is 11.0. The van der Waals surface area contributed by atoms with E-state index < -0.39 is 21.7 Å². The van der Waals surface area contributed by atoms with Gasteiger partial charge in [-0.05, 0) is 62.4 Å². The molecule has 29 heavy (non-hydrogen) atoms. The number of carboxylic acids is 1. The predicted molar refractivity (Wildman–Crippen MR) is 104 cm³/mol. The molecule has 9 heteroatoms. The number of benzene rings is 2. The first-order chi connectivity index (χ1) is 13.5. The third-order valence-corrected chi connectivity index (χ3v) is 4.08. The zero-order valence-electron chi connectivity index (χ0n) is 16.4. The quantitative estimate of drug-likeness (QED) is 0.397. The van der Waals surface area contributed by atoms with Crippen LogP contribution in [0.15, 0.2) is 48.5 Å². The zero-order valence-corrected chi connectivity index (χ0v) is 17.2. The Balaban J connectivity index is 1.71. The van der Waals surface area contributed by atoms with Crippen LogP contribution in [0.4, 0.5) is 0 Å². The number of hydrogen-bond donors (Lipinski definition) is 0. The molecule has 2 rings (SSSR count). The summed E-state index contributed by atoms with van der Waals surface area (Å²) in [6.45, 7) is 3.66. The van der Waals surface area contributed by atoms with Gasteiger partial charge in [0.25, 0.3) is 0 Å². The van der Waals surface area contributed by atoms with E-state index in [4.69, 9.17) is 18.4 Å². The van der Waals surface area contributed by atoms with Crippen LogP contribution in [0.5, 0.6) is 23.0 Å². The van der Waals surface area contributed by atoms with Crippen molar-refractivity contribution in [3.05, 3.63) is 48.5 Å². The molecule has 0 heterocycles. The Kier molecular flexibility index (Phi) is 7.33. The topological polar surface area (TPSA) is 111 Å². The standard InChI is InChI=1S/C20H24O8S/c1-20(2,19(21)22)27-17-9-5-15(6-10-17)25-13-4-14-26-16-7-11-18(12-8-16)28-29(3,23)24/h5-12H,4,13-14H2,1-3H3,(H,21,22)/p-1. The monoisotopic (exact) mass is 423 g/mol. The van der Waals surface area contributed by atoms with E-state index in [0.29, 0.717) is 36.9 Å². The van der Waals surface area contributed by atoms with Crippen molar-refractivity contribution in [3.63, 3.8) is 0 Å². The van der Waals surface area contributed by atoms with Gasteiger partial charge in [0.1, 0.15) is 28.6 Å². The number of ether oxygens (including phenoxy) is 3. The third-order valence-electron chi connectivity index (χ3n) is 3.59. The Labute approximate surface area is 170 Å². The lowest BCUT2D eigenvalue weighted by molar-refractivity contribution is -0.320. The molecule has 158 valence electrons. The average Bonchev–Trinajstić information content (AvgIpc) is 2.62. The second-order valence-electron chi connectivity index (χ2n) is 6.68. The van der Waals surface area contributed by atoms with E-state index in [-0.39, 0.29) is 5.75 Å². The Hall–Kier alpha value is -2.94. The molecule has 0 aliphatic carbocycles. The summed E-state index contributed by atoms with van der Waals surface area (Å²) in [6.07, 6.45) is 1.60. The highest BCUT2D eigenvalue weighted by Crippen LogP contribution is 2.22. The molecule has 0 saturated carbocycles. The summed E-state index contributed by atoms with van der Waals surface area (Å²) >= 11 is 0. The van der Waals surface area contributed by atoms with Crippen LogP contribution in [-0.4, -0.2) is 39.5 Å². The Morgan fingerprint density at radius 1 is 0.862 bits per heavy atom. The van der Waals surface area contributed by atoms with E-state index in [2.05, 4.69) is 0 Å². The highest BCUT2D eigenvalue weighted by Gasteiger charge is 2.21. The van der Waals surface area contributed by atoms with Crippen LogP contribution in [0.1, 0.15) is 20.3 Å². The Morgan fingerprint density at radius 2 is 1.28 bits per heavy atom. The molecule has 0 unspecified atom stereocenters. The highest BCUT2D eigenvalue weighted by molar-refractivity contribution is 7.86. The molecule has 0 aliphatic rings. The van der Waals surface area contributed by atoms with E-state index in [1.807, 2.05) is 0 Å². The molecule has 0 N–H and O–H groups in total.